The maximum absolute atomic E-state index is 10.8. The Bertz CT molecular complexity index is 720. The van der Waals surface area contributed by atoms with Gasteiger partial charge in [-0.2, -0.15) is 9.61 Å². The Kier molecular flexibility index (Phi) is 2.26. The molecule has 88 valence electrons. The normalized spacial score (nSPS) is 10.7. The van der Waals surface area contributed by atoms with E-state index in [0.717, 1.165) is 11.3 Å². The number of hydrogen-bond donors (Lipinski definition) is 1. The predicted octanol–water partition coefficient (Wildman–Crippen LogP) is 1.19. The van der Waals surface area contributed by atoms with Gasteiger partial charge in [-0.25, -0.2) is 4.98 Å². The Morgan fingerprint density at radius 3 is 2.78 bits per heavy atom. The van der Waals surface area contributed by atoms with Gasteiger partial charge in [0.2, 0.25) is 0 Å². The van der Waals surface area contributed by atoms with E-state index in [4.69, 9.17) is 5.73 Å². The third kappa shape index (κ3) is 1.51. The second-order valence-electron chi connectivity index (χ2n) is 3.75. The van der Waals surface area contributed by atoms with E-state index < -0.39 is 0 Å². The van der Waals surface area contributed by atoms with Gasteiger partial charge in [0.15, 0.2) is 11.9 Å². The van der Waals surface area contributed by atoms with E-state index in [1.807, 2.05) is 12.1 Å². The molecule has 0 saturated heterocycles. The van der Waals surface area contributed by atoms with Crippen LogP contribution in [-0.4, -0.2) is 25.9 Å². The highest BCUT2D eigenvalue weighted by molar-refractivity contribution is 5.82. The lowest BCUT2D eigenvalue weighted by molar-refractivity contribution is 0.112. The zero-order chi connectivity index (χ0) is 12.5. The van der Waals surface area contributed by atoms with Crippen molar-refractivity contribution in [3.05, 3.63) is 42.4 Å². The quantitative estimate of drug-likeness (QED) is 0.679. The number of rotatable bonds is 2. The maximum atomic E-state index is 10.8. The number of nitrogen functional groups attached to an aromatic ring is 1. The molecule has 3 heterocycles. The summed E-state index contributed by atoms with van der Waals surface area (Å²) >= 11 is 0. The summed E-state index contributed by atoms with van der Waals surface area (Å²) in [6.45, 7) is 0. The molecule has 2 N–H and O–H groups in total. The molecule has 0 unspecified atom stereocenters. The molecule has 0 saturated carbocycles. The fourth-order valence-corrected chi connectivity index (χ4v) is 1.72. The van der Waals surface area contributed by atoms with E-state index >= 15 is 0 Å². The molecule has 6 heteroatoms. The Morgan fingerprint density at radius 2 is 2.06 bits per heavy atom. The lowest BCUT2D eigenvalue weighted by Gasteiger charge is -1.99. The SMILES string of the molecule is Nc1c(C=O)cnc2cc(-c3ccncc3)nn12. The van der Waals surface area contributed by atoms with E-state index in [9.17, 15) is 4.79 Å². The minimum Gasteiger partial charge on any atom is -0.383 e. The highest BCUT2D eigenvalue weighted by Crippen LogP contribution is 2.20. The maximum Gasteiger partial charge on any atom is 0.157 e. The number of anilines is 1. The summed E-state index contributed by atoms with van der Waals surface area (Å²) in [5.41, 5.74) is 8.42. The van der Waals surface area contributed by atoms with E-state index in [-0.39, 0.29) is 5.82 Å². The molecule has 0 bridgehead atoms. The third-order valence-electron chi connectivity index (χ3n) is 2.65. The zero-order valence-electron chi connectivity index (χ0n) is 9.32. The first kappa shape index (κ1) is 10.4. The van der Waals surface area contributed by atoms with Crippen molar-refractivity contribution in [3.8, 4) is 11.3 Å². The predicted molar refractivity (Wildman–Crippen MR) is 66.0 cm³/mol. The number of aldehydes is 1. The van der Waals surface area contributed by atoms with Crippen molar-refractivity contribution in [2.45, 2.75) is 0 Å². The van der Waals surface area contributed by atoms with Gasteiger partial charge in [0.1, 0.15) is 5.82 Å². The number of nitrogens with zero attached hydrogens (tertiary/aromatic N) is 4. The number of carbonyl (C=O) groups excluding carboxylic acids is 1. The van der Waals surface area contributed by atoms with Crippen LogP contribution in [0.4, 0.5) is 5.82 Å². The van der Waals surface area contributed by atoms with Crippen LogP contribution < -0.4 is 5.73 Å². The van der Waals surface area contributed by atoms with Crippen LogP contribution >= 0.6 is 0 Å². The van der Waals surface area contributed by atoms with Crippen LogP contribution in [0.3, 0.4) is 0 Å². The molecule has 0 aliphatic rings. The molecule has 3 aromatic heterocycles. The molecule has 6 nitrogen and oxygen atoms in total. The van der Waals surface area contributed by atoms with Crippen LogP contribution in [0, 0.1) is 0 Å². The molecule has 0 fully saturated rings. The molecule has 3 aromatic rings. The number of fused-ring (bicyclic) bond motifs is 1. The summed E-state index contributed by atoms with van der Waals surface area (Å²) in [6, 6.07) is 5.50. The van der Waals surface area contributed by atoms with Crippen LogP contribution in [0.1, 0.15) is 10.4 Å². The standard InChI is InChI=1S/C12H9N5O/c13-12-9(7-18)6-15-11-5-10(16-17(11)12)8-1-3-14-4-2-8/h1-7H,13H2. The number of carbonyl (C=O) groups is 1. The number of hydrogen-bond acceptors (Lipinski definition) is 5. The second-order valence-corrected chi connectivity index (χ2v) is 3.75. The van der Waals surface area contributed by atoms with Crippen LogP contribution in [0.5, 0.6) is 0 Å². The van der Waals surface area contributed by atoms with Crippen molar-refractivity contribution in [1.82, 2.24) is 19.6 Å². The van der Waals surface area contributed by atoms with Gasteiger partial charge in [-0.05, 0) is 12.1 Å². The first-order valence-corrected chi connectivity index (χ1v) is 5.29. The molecule has 18 heavy (non-hydrogen) atoms. The summed E-state index contributed by atoms with van der Waals surface area (Å²) in [5, 5.41) is 4.33. The summed E-state index contributed by atoms with van der Waals surface area (Å²) in [6.07, 6.45) is 5.48. The molecule has 0 aliphatic carbocycles. The highest BCUT2D eigenvalue weighted by atomic mass is 16.1. The van der Waals surface area contributed by atoms with Crippen LogP contribution in [0.25, 0.3) is 16.9 Å². The summed E-state index contributed by atoms with van der Waals surface area (Å²) < 4.78 is 1.46. The van der Waals surface area contributed by atoms with Gasteiger partial charge in [0, 0.05) is 30.2 Å². The minimum absolute atomic E-state index is 0.287. The number of aromatic nitrogens is 4. The van der Waals surface area contributed by atoms with Gasteiger partial charge in [-0.15, -0.1) is 0 Å². The smallest absolute Gasteiger partial charge is 0.157 e. The highest BCUT2D eigenvalue weighted by Gasteiger charge is 2.09. The second kappa shape index (κ2) is 3.92. The topological polar surface area (TPSA) is 86.2 Å². The Labute approximate surface area is 102 Å². The van der Waals surface area contributed by atoms with Crippen molar-refractivity contribution in [3.63, 3.8) is 0 Å². The molecule has 3 rings (SSSR count). The van der Waals surface area contributed by atoms with Gasteiger partial charge in [-0.3, -0.25) is 9.78 Å². The monoisotopic (exact) mass is 239 g/mol. The first-order valence-electron chi connectivity index (χ1n) is 5.29. The van der Waals surface area contributed by atoms with Crippen molar-refractivity contribution >= 4 is 17.8 Å². The van der Waals surface area contributed by atoms with Gasteiger partial charge < -0.3 is 5.73 Å². The number of nitrogens with two attached hydrogens (primary N) is 1. The minimum atomic E-state index is 0.287. The van der Waals surface area contributed by atoms with Gasteiger partial charge >= 0.3 is 0 Å². The largest absolute Gasteiger partial charge is 0.383 e. The van der Waals surface area contributed by atoms with E-state index in [2.05, 4.69) is 15.1 Å². The molecular formula is C12H9N5O. The fraction of sp³-hybridized carbons (Fsp3) is 0. The van der Waals surface area contributed by atoms with Crippen LogP contribution in [0.2, 0.25) is 0 Å². The Balaban J connectivity index is 2.23. The van der Waals surface area contributed by atoms with Crippen LogP contribution in [-0.2, 0) is 0 Å². The van der Waals surface area contributed by atoms with Gasteiger partial charge in [-0.1, -0.05) is 0 Å². The van der Waals surface area contributed by atoms with Crippen molar-refractivity contribution in [2.75, 3.05) is 5.73 Å². The number of pyridine rings is 1. The first-order chi connectivity index (χ1) is 8.79. The Hall–Kier alpha value is -2.76. The fourth-order valence-electron chi connectivity index (χ4n) is 1.72. The lowest BCUT2D eigenvalue weighted by Crippen LogP contribution is -2.04. The van der Waals surface area contributed by atoms with E-state index in [0.29, 0.717) is 17.5 Å². The van der Waals surface area contributed by atoms with Crippen molar-refractivity contribution in [2.24, 2.45) is 0 Å². The van der Waals surface area contributed by atoms with Gasteiger partial charge in [0.25, 0.3) is 0 Å². The van der Waals surface area contributed by atoms with Crippen molar-refractivity contribution < 1.29 is 4.79 Å². The van der Waals surface area contributed by atoms with Gasteiger partial charge in [0.05, 0.1) is 11.3 Å². The zero-order valence-corrected chi connectivity index (χ0v) is 9.32. The van der Waals surface area contributed by atoms with Crippen LogP contribution in [0.15, 0.2) is 36.8 Å². The lowest BCUT2D eigenvalue weighted by atomic mass is 10.2. The van der Waals surface area contributed by atoms with Crippen molar-refractivity contribution in [1.29, 1.82) is 0 Å². The summed E-state index contributed by atoms with van der Waals surface area (Å²) in [5.74, 6) is 0.287. The average molecular weight is 239 g/mol. The molecule has 0 amide bonds. The summed E-state index contributed by atoms with van der Waals surface area (Å²) in [4.78, 5) is 18.9. The average Bonchev–Trinajstić information content (AvgIpc) is 2.85. The molecular weight excluding hydrogens is 230 g/mol. The molecule has 0 aromatic carbocycles. The Morgan fingerprint density at radius 1 is 1.28 bits per heavy atom. The summed E-state index contributed by atoms with van der Waals surface area (Å²) in [7, 11) is 0. The molecule has 0 radical (unpaired) electrons. The molecule has 0 atom stereocenters. The molecule has 0 spiro atoms. The van der Waals surface area contributed by atoms with E-state index in [1.54, 1.807) is 18.5 Å². The third-order valence-corrected chi connectivity index (χ3v) is 2.65. The molecule has 0 aliphatic heterocycles. The van der Waals surface area contributed by atoms with E-state index in [1.165, 1.54) is 10.7 Å².